The molecule has 3 rings (SSSR count). The molecule has 0 aromatic heterocycles. The van der Waals surface area contributed by atoms with Crippen LogP contribution >= 0.6 is 15.6 Å². The van der Waals surface area contributed by atoms with E-state index < -0.39 is 15.6 Å². The second-order valence-electron chi connectivity index (χ2n) is 11.6. The zero-order valence-electron chi connectivity index (χ0n) is 27.0. The van der Waals surface area contributed by atoms with E-state index >= 15 is 0 Å². The molecule has 0 aliphatic carbocycles. The molecular formula is C33H48O8P2. The van der Waals surface area contributed by atoms with Gasteiger partial charge in [0.15, 0.2) is 0 Å². The molecule has 0 aliphatic heterocycles. The van der Waals surface area contributed by atoms with Crippen LogP contribution in [0.15, 0.2) is 72.8 Å². The Morgan fingerprint density at radius 1 is 0.488 bits per heavy atom. The fraction of sp³-hybridized carbons (Fsp3) is 0.455. The lowest BCUT2D eigenvalue weighted by Crippen LogP contribution is -2.11. The average Bonchev–Trinajstić information content (AvgIpc) is 2.88. The minimum atomic E-state index is -4.08. The molecule has 8 nitrogen and oxygen atoms in total. The molecule has 1 N–H and O–H groups in total. The first kappa shape index (κ1) is 36.6. The average molecular weight is 635 g/mol. The third-order valence-electron chi connectivity index (χ3n) is 5.94. The summed E-state index contributed by atoms with van der Waals surface area (Å²) in [5, 5.41) is 0. The van der Waals surface area contributed by atoms with Crippen LogP contribution in [0.5, 0.6) is 17.2 Å². The zero-order chi connectivity index (χ0) is 32.4. The van der Waals surface area contributed by atoms with Gasteiger partial charge in [0.25, 0.3) is 0 Å². The Labute approximate surface area is 257 Å². The van der Waals surface area contributed by atoms with Gasteiger partial charge in [-0.05, 0) is 80.3 Å². The molecule has 0 saturated carbocycles. The topological polar surface area (TPSA) is 101 Å². The lowest BCUT2D eigenvalue weighted by molar-refractivity contribution is 0.0984. The summed E-state index contributed by atoms with van der Waals surface area (Å²) in [6.45, 7) is 19.1. The minimum Gasteiger partial charge on any atom is -0.386 e. The maximum atomic E-state index is 14.2. The van der Waals surface area contributed by atoms with E-state index in [1.165, 1.54) is 0 Å². The number of phosphoric acid groups is 2. The Bertz CT molecular complexity index is 1230. The Morgan fingerprint density at radius 3 is 0.977 bits per heavy atom. The van der Waals surface area contributed by atoms with Crippen molar-refractivity contribution < 1.29 is 36.6 Å². The molecule has 0 amide bonds. The van der Waals surface area contributed by atoms with Crippen molar-refractivity contribution in [1.29, 1.82) is 0 Å². The summed E-state index contributed by atoms with van der Waals surface area (Å²) in [7, 11) is -7.89. The van der Waals surface area contributed by atoms with Crippen LogP contribution in [0.2, 0.25) is 0 Å². The van der Waals surface area contributed by atoms with Crippen molar-refractivity contribution in [2.75, 3.05) is 0 Å². The molecule has 0 heterocycles. The third kappa shape index (κ3) is 12.1. The molecule has 0 unspecified atom stereocenters. The molecule has 238 valence electrons. The van der Waals surface area contributed by atoms with Gasteiger partial charge in [-0.15, -0.1) is 0 Å². The van der Waals surface area contributed by atoms with Gasteiger partial charge in [-0.2, -0.15) is 4.57 Å². The largest absolute Gasteiger partial charge is 0.647 e. The highest BCUT2D eigenvalue weighted by Gasteiger charge is 2.36. The van der Waals surface area contributed by atoms with Crippen molar-refractivity contribution in [2.24, 2.45) is 0 Å². The van der Waals surface area contributed by atoms with Crippen molar-refractivity contribution in [2.45, 2.75) is 99.2 Å². The van der Waals surface area contributed by atoms with Crippen LogP contribution in [-0.2, 0) is 18.2 Å². The summed E-state index contributed by atoms with van der Waals surface area (Å²) in [6, 6.07) is 22.7. The van der Waals surface area contributed by atoms with Crippen LogP contribution in [0.4, 0.5) is 0 Å². The first-order valence-corrected chi connectivity index (χ1v) is 17.6. The van der Waals surface area contributed by atoms with Crippen LogP contribution < -0.4 is 13.6 Å². The smallest absolute Gasteiger partial charge is 0.386 e. The molecule has 0 fully saturated rings. The molecule has 0 atom stereocenters. The normalized spacial score (nSPS) is 12.1. The van der Waals surface area contributed by atoms with E-state index in [0.717, 1.165) is 16.7 Å². The number of rotatable bonds is 13. The molecule has 3 aromatic carbocycles. The summed E-state index contributed by atoms with van der Waals surface area (Å²) in [4.78, 5) is 8.97. The molecule has 0 radical (unpaired) electrons. The second-order valence-corrected chi connectivity index (χ2v) is 14.4. The second kappa shape index (κ2) is 16.5. The van der Waals surface area contributed by atoms with Gasteiger partial charge >= 0.3 is 15.6 Å². The van der Waals surface area contributed by atoms with Crippen LogP contribution in [0.25, 0.3) is 0 Å². The van der Waals surface area contributed by atoms with Gasteiger partial charge in [-0.25, -0.2) is 4.57 Å². The molecule has 0 saturated heterocycles. The first-order chi connectivity index (χ1) is 20.0. The van der Waals surface area contributed by atoms with E-state index in [2.05, 4.69) is 50.6 Å². The zero-order valence-corrected chi connectivity index (χ0v) is 28.8. The fourth-order valence-electron chi connectivity index (χ4n) is 4.10. The number of benzene rings is 3. The Morgan fingerprint density at radius 2 is 0.744 bits per heavy atom. The van der Waals surface area contributed by atoms with E-state index in [9.17, 15) is 9.13 Å². The molecule has 0 spiro atoms. The highest BCUT2D eigenvalue weighted by Crippen LogP contribution is 2.53. The molecular weight excluding hydrogens is 586 g/mol. The molecule has 0 aliphatic rings. The van der Waals surface area contributed by atoms with Gasteiger partial charge in [0.05, 0.1) is 12.2 Å². The number of phosphoric ester groups is 2. The number of hydrogen-bond donors (Lipinski definition) is 1. The van der Waals surface area contributed by atoms with Gasteiger partial charge in [-0.1, -0.05) is 96.1 Å². The Hall–Kier alpha value is -2.60. The monoisotopic (exact) mass is 634 g/mol. The Kier molecular flexibility index (Phi) is 14.0. The van der Waals surface area contributed by atoms with Crippen molar-refractivity contribution in [3.8, 4) is 17.2 Å². The lowest BCUT2D eigenvalue weighted by Gasteiger charge is -2.24. The molecule has 10 heteroatoms. The summed E-state index contributed by atoms with van der Waals surface area (Å²) in [5.41, 5.74) is 2.82. The van der Waals surface area contributed by atoms with Crippen LogP contribution in [0, 0.1) is 0 Å². The van der Waals surface area contributed by atoms with Crippen LogP contribution in [-0.4, -0.2) is 17.1 Å². The van der Waals surface area contributed by atoms with Gasteiger partial charge in [0, 0.05) is 0 Å². The van der Waals surface area contributed by atoms with E-state index in [4.69, 9.17) is 18.5 Å². The lowest BCUT2D eigenvalue weighted by atomic mass is 10.0. The predicted molar refractivity (Wildman–Crippen MR) is 173 cm³/mol. The summed E-state index contributed by atoms with van der Waals surface area (Å²) in [6.07, 6.45) is -0.603. The molecule has 43 heavy (non-hydrogen) atoms. The quantitative estimate of drug-likeness (QED) is 0.185. The molecule has 0 bridgehead atoms. The predicted octanol–water partition coefficient (Wildman–Crippen LogP) is 10.6. The van der Waals surface area contributed by atoms with Crippen molar-refractivity contribution in [3.63, 3.8) is 0 Å². The summed E-state index contributed by atoms with van der Waals surface area (Å²) < 4.78 is 52.6. The van der Waals surface area contributed by atoms with Crippen LogP contribution in [0.3, 0.4) is 0 Å². The summed E-state index contributed by atoms with van der Waals surface area (Å²) >= 11 is 0. The van der Waals surface area contributed by atoms with Crippen molar-refractivity contribution in [1.82, 2.24) is 0 Å². The van der Waals surface area contributed by atoms with Crippen molar-refractivity contribution >= 4 is 15.6 Å². The number of hydrogen-bond acceptors (Lipinski definition) is 7. The molecule has 3 aromatic rings. The SMILES string of the molecule is CC(C)OP(=O)(O)OC(C)C.CC(C)c1ccccc1OP(=O)(Oc1ccccc1C(C)C)Oc1ccccc1C(C)C. The highest BCUT2D eigenvalue weighted by atomic mass is 31.2. The maximum absolute atomic E-state index is 14.2. The van der Waals surface area contributed by atoms with Crippen molar-refractivity contribution in [3.05, 3.63) is 89.5 Å². The van der Waals surface area contributed by atoms with E-state index in [1.807, 2.05) is 54.6 Å². The fourth-order valence-corrected chi connectivity index (χ4v) is 6.55. The standard InChI is InChI=1S/C27H33O4P.C6H15O4P/c1-19(2)22-13-7-10-16-25(22)29-32(28,30-26-17-11-8-14-23(26)20(3)4)31-27-18-12-9-15-24(27)21(5)6;1-5(2)9-11(7,8)10-6(3)4/h7-21H,1-6H3;5-6H,1-4H3,(H,7,8). The van der Waals surface area contributed by atoms with Gasteiger partial charge in [0.1, 0.15) is 17.2 Å². The van der Waals surface area contributed by atoms with Crippen LogP contribution in [0.1, 0.15) is 104 Å². The van der Waals surface area contributed by atoms with Gasteiger partial charge in [-0.3, -0.25) is 9.05 Å². The van der Waals surface area contributed by atoms with E-state index in [1.54, 1.807) is 45.9 Å². The summed E-state index contributed by atoms with van der Waals surface area (Å²) in [5.74, 6) is 2.04. The highest BCUT2D eigenvalue weighted by molar-refractivity contribution is 7.49. The van der Waals surface area contributed by atoms with Gasteiger partial charge < -0.3 is 18.5 Å². The first-order valence-electron chi connectivity index (χ1n) is 14.7. The number of para-hydroxylation sites is 3. The van der Waals surface area contributed by atoms with E-state index in [-0.39, 0.29) is 30.0 Å². The van der Waals surface area contributed by atoms with E-state index in [0.29, 0.717) is 17.2 Å². The minimum absolute atomic E-state index is 0.186. The third-order valence-corrected chi connectivity index (χ3v) is 8.58. The van der Waals surface area contributed by atoms with Gasteiger partial charge in [0.2, 0.25) is 0 Å². The Balaban J connectivity index is 0.000000499. The maximum Gasteiger partial charge on any atom is 0.647 e.